The Hall–Kier alpha value is -3.08. The number of nitrogens with zero attached hydrogens (tertiary/aromatic N) is 1. The number of benzene rings is 2. The number of carbonyl (C=O) groups excluding carboxylic acids is 2. The fourth-order valence-corrected chi connectivity index (χ4v) is 2.10. The van der Waals surface area contributed by atoms with E-state index in [1.807, 2.05) is 6.07 Å². The second kappa shape index (κ2) is 5.13. The van der Waals surface area contributed by atoms with Crippen molar-refractivity contribution in [1.29, 1.82) is 0 Å². The molecule has 104 valence electrons. The van der Waals surface area contributed by atoms with Crippen LogP contribution in [0, 0.1) is 0 Å². The van der Waals surface area contributed by atoms with E-state index in [0.717, 1.165) is 0 Å². The molecule has 0 aromatic heterocycles. The molecule has 0 radical (unpaired) electrons. The number of phenols is 1. The van der Waals surface area contributed by atoms with Gasteiger partial charge in [-0.1, -0.05) is 30.3 Å². The quantitative estimate of drug-likeness (QED) is 0.651. The number of aromatic hydroxyl groups is 1. The Kier molecular flexibility index (Phi) is 3.16. The van der Waals surface area contributed by atoms with E-state index in [9.17, 15) is 14.7 Å². The van der Waals surface area contributed by atoms with Crippen molar-refractivity contribution in [2.45, 2.75) is 0 Å². The van der Waals surface area contributed by atoms with Crippen molar-refractivity contribution in [2.75, 3.05) is 5.01 Å². The minimum absolute atomic E-state index is 0.0319. The molecule has 1 aliphatic heterocycles. The van der Waals surface area contributed by atoms with Gasteiger partial charge < -0.3 is 5.11 Å². The highest BCUT2D eigenvalue weighted by atomic mass is 16.3. The van der Waals surface area contributed by atoms with Crippen LogP contribution in [-0.2, 0) is 9.59 Å². The summed E-state index contributed by atoms with van der Waals surface area (Å²) in [6.45, 7) is 0. The second-order valence-electron chi connectivity index (χ2n) is 4.57. The van der Waals surface area contributed by atoms with Crippen LogP contribution >= 0.6 is 0 Å². The highest BCUT2D eigenvalue weighted by Gasteiger charge is 2.34. The Morgan fingerprint density at radius 3 is 2.48 bits per heavy atom. The maximum Gasteiger partial charge on any atom is 0.282 e. The fraction of sp³-hybridized carbons (Fsp3) is 0. The Morgan fingerprint density at radius 1 is 1.00 bits per heavy atom. The lowest BCUT2D eigenvalue weighted by molar-refractivity contribution is -0.117. The summed E-state index contributed by atoms with van der Waals surface area (Å²) < 4.78 is 0. The summed E-state index contributed by atoms with van der Waals surface area (Å²) in [5, 5.41) is 10.6. The number of para-hydroxylation sites is 1. The molecule has 2 aromatic carbocycles. The third-order valence-electron chi connectivity index (χ3n) is 3.09. The number of anilines is 1. The monoisotopic (exact) mass is 280 g/mol. The van der Waals surface area contributed by atoms with Crippen LogP contribution in [0.4, 0.5) is 5.69 Å². The molecular formula is C16H12N2O3. The van der Waals surface area contributed by atoms with Gasteiger partial charge in [0.2, 0.25) is 0 Å². The number of hydrazine groups is 1. The minimum atomic E-state index is -0.466. The van der Waals surface area contributed by atoms with Gasteiger partial charge in [0.15, 0.2) is 0 Å². The molecular weight excluding hydrogens is 268 g/mol. The third kappa shape index (κ3) is 2.49. The number of carbonyl (C=O) groups is 2. The van der Waals surface area contributed by atoms with Gasteiger partial charge in [0, 0.05) is 0 Å². The topological polar surface area (TPSA) is 69.6 Å². The highest BCUT2D eigenvalue weighted by Crippen LogP contribution is 2.22. The first-order valence-corrected chi connectivity index (χ1v) is 6.36. The minimum Gasteiger partial charge on any atom is -0.508 e. The summed E-state index contributed by atoms with van der Waals surface area (Å²) in [6.07, 6.45) is 1.46. The summed E-state index contributed by atoms with van der Waals surface area (Å²) in [4.78, 5) is 24.3. The summed E-state index contributed by atoms with van der Waals surface area (Å²) in [7, 11) is 0. The van der Waals surface area contributed by atoms with Gasteiger partial charge in [0.05, 0.1) is 5.69 Å². The molecule has 5 nitrogen and oxygen atoms in total. The molecule has 0 unspecified atom stereocenters. The molecule has 5 heteroatoms. The molecule has 1 saturated heterocycles. The van der Waals surface area contributed by atoms with E-state index in [0.29, 0.717) is 11.3 Å². The van der Waals surface area contributed by atoms with Crippen molar-refractivity contribution < 1.29 is 14.7 Å². The summed E-state index contributed by atoms with van der Waals surface area (Å²) in [6, 6.07) is 15.2. The van der Waals surface area contributed by atoms with Crippen LogP contribution in [0.1, 0.15) is 5.56 Å². The zero-order valence-electron chi connectivity index (χ0n) is 11.0. The Bertz CT molecular complexity index is 738. The van der Waals surface area contributed by atoms with Crippen molar-refractivity contribution in [3.8, 4) is 5.75 Å². The van der Waals surface area contributed by atoms with E-state index in [-0.39, 0.29) is 11.3 Å². The second-order valence-corrected chi connectivity index (χ2v) is 4.57. The molecule has 0 aliphatic carbocycles. The van der Waals surface area contributed by atoms with Crippen molar-refractivity contribution in [3.63, 3.8) is 0 Å². The van der Waals surface area contributed by atoms with Crippen LogP contribution in [-0.4, -0.2) is 16.9 Å². The summed E-state index contributed by atoms with van der Waals surface area (Å²) >= 11 is 0. The first-order chi connectivity index (χ1) is 10.1. The molecule has 0 saturated carbocycles. The van der Waals surface area contributed by atoms with Crippen molar-refractivity contribution in [3.05, 3.63) is 65.7 Å². The number of rotatable bonds is 2. The molecule has 1 fully saturated rings. The molecule has 0 bridgehead atoms. The van der Waals surface area contributed by atoms with E-state index < -0.39 is 11.8 Å². The van der Waals surface area contributed by atoms with E-state index in [1.54, 1.807) is 36.4 Å². The third-order valence-corrected chi connectivity index (χ3v) is 3.09. The molecule has 1 aliphatic rings. The van der Waals surface area contributed by atoms with Gasteiger partial charge in [-0.05, 0) is 35.9 Å². The van der Waals surface area contributed by atoms with E-state index in [2.05, 4.69) is 5.43 Å². The smallest absolute Gasteiger partial charge is 0.282 e. The van der Waals surface area contributed by atoms with Gasteiger partial charge >= 0.3 is 0 Å². The van der Waals surface area contributed by atoms with Gasteiger partial charge in [-0.2, -0.15) is 0 Å². The Morgan fingerprint density at radius 2 is 1.76 bits per heavy atom. The SMILES string of the molecule is O=C1NN(c2ccccc2)C(=O)/C1=C/c1cccc(O)c1. The van der Waals surface area contributed by atoms with Crippen LogP contribution in [0.5, 0.6) is 5.75 Å². The van der Waals surface area contributed by atoms with Crippen LogP contribution in [0.3, 0.4) is 0 Å². The number of amides is 2. The molecule has 2 aromatic rings. The molecule has 0 spiro atoms. The maximum atomic E-state index is 12.3. The lowest BCUT2D eigenvalue weighted by Crippen LogP contribution is -2.35. The highest BCUT2D eigenvalue weighted by molar-refractivity contribution is 6.31. The van der Waals surface area contributed by atoms with Gasteiger partial charge in [-0.25, -0.2) is 5.01 Å². The Balaban J connectivity index is 1.94. The lowest BCUT2D eigenvalue weighted by atomic mass is 10.1. The number of nitrogens with one attached hydrogen (secondary N) is 1. The zero-order chi connectivity index (χ0) is 14.8. The van der Waals surface area contributed by atoms with Gasteiger partial charge in [0.1, 0.15) is 11.3 Å². The zero-order valence-corrected chi connectivity index (χ0v) is 11.0. The van der Waals surface area contributed by atoms with Crippen LogP contribution in [0.25, 0.3) is 6.08 Å². The number of hydrogen-bond donors (Lipinski definition) is 2. The number of hydrogen-bond acceptors (Lipinski definition) is 3. The van der Waals surface area contributed by atoms with E-state index >= 15 is 0 Å². The molecule has 2 amide bonds. The van der Waals surface area contributed by atoms with Crippen LogP contribution < -0.4 is 10.4 Å². The largest absolute Gasteiger partial charge is 0.508 e. The summed E-state index contributed by atoms with van der Waals surface area (Å²) in [5.41, 5.74) is 3.73. The van der Waals surface area contributed by atoms with Gasteiger partial charge in [0.25, 0.3) is 11.8 Å². The predicted octanol–water partition coefficient (Wildman–Crippen LogP) is 1.85. The molecule has 0 atom stereocenters. The average molecular weight is 280 g/mol. The van der Waals surface area contributed by atoms with Crippen molar-refractivity contribution >= 4 is 23.6 Å². The van der Waals surface area contributed by atoms with Crippen molar-refractivity contribution in [2.24, 2.45) is 0 Å². The molecule has 21 heavy (non-hydrogen) atoms. The average Bonchev–Trinajstić information content (AvgIpc) is 2.76. The summed E-state index contributed by atoms with van der Waals surface area (Å²) in [5.74, 6) is -0.808. The molecule has 1 heterocycles. The van der Waals surface area contributed by atoms with Crippen LogP contribution in [0.15, 0.2) is 60.2 Å². The normalized spacial score (nSPS) is 16.4. The fourth-order valence-electron chi connectivity index (χ4n) is 2.10. The Labute approximate surface area is 121 Å². The maximum absolute atomic E-state index is 12.3. The molecule has 2 N–H and O–H groups in total. The van der Waals surface area contributed by atoms with Gasteiger partial charge in [-0.15, -0.1) is 0 Å². The number of phenolic OH excluding ortho intramolecular Hbond substituents is 1. The first kappa shape index (κ1) is 12.9. The van der Waals surface area contributed by atoms with E-state index in [1.165, 1.54) is 23.2 Å². The predicted molar refractivity (Wildman–Crippen MR) is 78.2 cm³/mol. The first-order valence-electron chi connectivity index (χ1n) is 6.36. The lowest BCUT2D eigenvalue weighted by Gasteiger charge is -2.13. The molecule has 3 rings (SSSR count). The van der Waals surface area contributed by atoms with E-state index in [4.69, 9.17) is 0 Å². The standard InChI is InChI=1S/C16H12N2O3/c19-13-8-4-5-11(9-13)10-14-15(20)17-18(16(14)21)12-6-2-1-3-7-12/h1-10,19H,(H,17,20)/b14-10+. The van der Waals surface area contributed by atoms with Crippen LogP contribution in [0.2, 0.25) is 0 Å². The van der Waals surface area contributed by atoms with Gasteiger partial charge in [-0.3, -0.25) is 15.0 Å². The van der Waals surface area contributed by atoms with Crippen molar-refractivity contribution in [1.82, 2.24) is 5.43 Å².